The SMILES string of the molecule is CCCCc1noc(-c2ccc(C(=O)O)cc2)n1. The molecule has 0 aliphatic carbocycles. The summed E-state index contributed by atoms with van der Waals surface area (Å²) in [5.74, 6) is 0.169. The highest BCUT2D eigenvalue weighted by Gasteiger charge is 2.09. The molecule has 0 aliphatic rings. The fourth-order valence-electron chi connectivity index (χ4n) is 1.56. The van der Waals surface area contributed by atoms with Crippen molar-refractivity contribution in [2.24, 2.45) is 0 Å². The van der Waals surface area contributed by atoms with E-state index in [2.05, 4.69) is 17.1 Å². The zero-order valence-electron chi connectivity index (χ0n) is 10.1. The summed E-state index contributed by atoms with van der Waals surface area (Å²) in [6, 6.07) is 6.38. The van der Waals surface area contributed by atoms with Crippen molar-refractivity contribution in [3.63, 3.8) is 0 Å². The molecule has 0 aliphatic heterocycles. The number of carboxylic acids is 1. The zero-order chi connectivity index (χ0) is 13.0. The summed E-state index contributed by atoms with van der Waals surface area (Å²) in [5, 5.41) is 12.7. The molecule has 18 heavy (non-hydrogen) atoms. The Balaban J connectivity index is 2.15. The summed E-state index contributed by atoms with van der Waals surface area (Å²) in [6.45, 7) is 2.10. The molecule has 2 aromatic rings. The second-order valence-electron chi connectivity index (χ2n) is 4.00. The second kappa shape index (κ2) is 5.44. The minimum atomic E-state index is -0.948. The van der Waals surface area contributed by atoms with Gasteiger partial charge in [0.1, 0.15) is 0 Å². The first kappa shape index (κ1) is 12.3. The van der Waals surface area contributed by atoms with Crippen LogP contribution in [0.15, 0.2) is 28.8 Å². The van der Waals surface area contributed by atoms with E-state index in [0.717, 1.165) is 24.8 Å². The smallest absolute Gasteiger partial charge is 0.335 e. The van der Waals surface area contributed by atoms with E-state index in [1.54, 1.807) is 12.1 Å². The number of hydrogen-bond acceptors (Lipinski definition) is 4. The third kappa shape index (κ3) is 2.74. The van der Waals surface area contributed by atoms with Gasteiger partial charge in [-0.2, -0.15) is 4.98 Å². The van der Waals surface area contributed by atoms with Gasteiger partial charge in [0.15, 0.2) is 5.82 Å². The highest BCUT2D eigenvalue weighted by atomic mass is 16.5. The Morgan fingerprint density at radius 1 is 1.33 bits per heavy atom. The average Bonchev–Trinajstić information content (AvgIpc) is 2.85. The quantitative estimate of drug-likeness (QED) is 0.877. The standard InChI is InChI=1S/C13H14N2O3/c1-2-3-4-11-14-12(18-15-11)9-5-7-10(8-6-9)13(16)17/h5-8H,2-4H2,1H3,(H,16,17). The summed E-state index contributed by atoms with van der Waals surface area (Å²) >= 11 is 0. The third-order valence-electron chi connectivity index (χ3n) is 2.60. The van der Waals surface area contributed by atoms with E-state index in [-0.39, 0.29) is 5.56 Å². The average molecular weight is 246 g/mol. The van der Waals surface area contributed by atoms with E-state index < -0.39 is 5.97 Å². The Morgan fingerprint density at radius 3 is 2.67 bits per heavy atom. The number of unbranched alkanes of at least 4 members (excludes halogenated alkanes) is 1. The van der Waals surface area contributed by atoms with Crippen LogP contribution in [0.5, 0.6) is 0 Å². The molecule has 0 fully saturated rings. The summed E-state index contributed by atoms with van der Waals surface area (Å²) in [4.78, 5) is 15.0. The number of aromatic nitrogens is 2. The lowest BCUT2D eigenvalue weighted by Gasteiger charge is -1.95. The molecule has 5 nitrogen and oxygen atoms in total. The maximum absolute atomic E-state index is 10.7. The molecule has 1 aromatic carbocycles. The van der Waals surface area contributed by atoms with E-state index >= 15 is 0 Å². The molecular formula is C13H14N2O3. The molecule has 0 radical (unpaired) electrons. The van der Waals surface area contributed by atoms with Gasteiger partial charge in [-0.25, -0.2) is 4.79 Å². The normalized spacial score (nSPS) is 10.5. The molecular weight excluding hydrogens is 232 g/mol. The highest BCUT2D eigenvalue weighted by Crippen LogP contribution is 2.18. The number of hydrogen-bond donors (Lipinski definition) is 1. The van der Waals surface area contributed by atoms with Gasteiger partial charge in [-0.3, -0.25) is 0 Å². The van der Waals surface area contributed by atoms with E-state index in [0.29, 0.717) is 11.7 Å². The molecule has 0 bridgehead atoms. The number of rotatable bonds is 5. The van der Waals surface area contributed by atoms with Crippen LogP contribution in [0.25, 0.3) is 11.5 Å². The number of benzene rings is 1. The monoisotopic (exact) mass is 246 g/mol. The van der Waals surface area contributed by atoms with Crippen molar-refractivity contribution in [1.29, 1.82) is 0 Å². The fraction of sp³-hybridized carbons (Fsp3) is 0.308. The van der Waals surface area contributed by atoms with Crippen LogP contribution in [-0.2, 0) is 6.42 Å². The molecule has 0 unspecified atom stereocenters. The van der Waals surface area contributed by atoms with Gasteiger partial charge < -0.3 is 9.63 Å². The molecule has 94 valence electrons. The first-order valence-corrected chi connectivity index (χ1v) is 5.87. The first-order valence-electron chi connectivity index (χ1n) is 5.87. The van der Waals surface area contributed by atoms with Gasteiger partial charge in [-0.15, -0.1) is 0 Å². The predicted octanol–water partition coefficient (Wildman–Crippen LogP) is 2.78. The first-order chi connectivity index (χ1) is 8.70. The van der Waals surface area contributed by atoms with Crippen molar-refractivity contribution in [3.05, 3.63) is 35.7 Å². The van der Waals surface area contributed by atoms with Gasteiger partial charge in [0.2, 0.25) is 0 Å². The van der Waals surface area contributed by atoms with E-state index in [9.17, 15) is 4.79 Å². The van der Waals surface area contributed by atoms with Crippen molar-refractivity contribution >= 4 is 5.97 Å². The minimum absolute atomic E-state index is 0.240. The van der Waals surface area contributed by atoms with E-state index in [4.69, 9.17) is 9.63 Å². The third-order valence-corrected chi connectivity index (χ3v) is 2.60. The Hall–Kier alpha value is -2.17. The molecule has 1 heterocycles. The zero-order valence-corrected chi connectivity index (χ0v) is 10.1. The van der Waals surface area contributed by atoms with Gasteiger partial charge in [0.25, 0.3) is 5.89 Å². The van der Waals surface area contributed by atoms with Crippen LogP contribution in [0.3, 0.4) is 0 Å². The Labute approximate surface area is 104 Å². The predicted molar refractivity (Wildman–Crippen MR) is 65.3 cm³/mol. The maximum atomic E-state index is 10.7. The van der Waals surface area contributed by atoms with Crippen LogP contribution in [0.4, 0.5) is 0 Å². The van der Waals surface area contributed by atoms with Crippen LogP contribution in [0.1, 0.15) is 35.9 Å². The summed E-state index contributed by atoms with van der Waals surface area (Å²) in [5.41, 5.74) is 0.972. The Kier molecular flexibility index (Phi) is 3.72. The van der Waals surface area contributed by atoms with Crippen molar-refractivity contribution < 1.29 is 14.4 Å². The van der Waals surface area contributed by atoms with E-state index in [1.807, 2.05) is 0 Å². The van der Waals surface area contributed by atoms with Gasteiger partial charge in [0, 0.05) is 12.0 Å². The van der Waals surface area contributed by atoms with Crippen molar-refractivity contribution in [2.75, 3.05) is 0 Å². The molecule has 0 amide bonds. The molecule has 1 N–H and O–H groups in total. The number of aryl methyl sites for hydroxylation is 1. The molecule has 0 spiro atoms. The van der Waals surface area contributed by atoms with Gasteiger partial charge in [-0.05, 0) is 30.7 Å². The largest absolute Gasteiger partial charge is 0.478 e. The van der Waals surface area contributed by atoms with Gasteiger partial charge in [-0.1, -0.05) is 18.5 Å². The van der Waals surface area contributed by atoms with Crippen molar-refractivity contribution in [1.82, 2.24) is 10.1 Å². The number of aromatic carboxylic acids is 1. The van der Waals surface area contributed by atoms with Crippen LogP contribution in [-0.4, -0.2) is 21.2 Å². The lowest BCUT2D eigenvalue weighted by molar-refractivity contribution is 0.0697. The minimum Gasteiger partial charge on any atom is -0.478 e. The molecule has 0 atom stereocenters. The van der Waals surface area contributed by atoms with E-state index in [1.165, 1.54) is 12.1 Å². The molecule has 5 heteroatoms. The topological polar surface area (TPSA) is 76.2 Å². The number of carboxylic acid groups (broad SMARTS) is 1. The van der Waals surface area contributed by atoms with Gasteiger partial charge in [0.05, 0.1) is 5.56 Å². The Morgan fingerprint density at radius 2 is 2.06 bits per heavy atom. The Bertz CT molecular complexity index is 531. The van der Waals surface area contributed by atoms with Crippen LogP contribution in [0, 0.1) is 0 Å². The van der Waals surface area contributed by atoms with Crippen LogP contribution in [0.2, 0.25) is 0 Å². The summed E-state index contributed by atoms with van der Waals surface area (Å²) in [6.07, 6.45) is 2.90. The van der Waals surface area contributed by atoms with Crippen LogP contribution >= 0.6 is 0 Å². The molecule has 1 aromatic heterocycles. The van der Waals surface area contributed by atoms with Gasteiger partial charge >= 0.3 is 5.97 Å². The number of carbonyl (C=O) groups is 1. The number of nitrogens with zero attached hydrogens (tertiary/aromatic N) is 2. The highest BCUT2D eigenvalue weighted by molar-refractivity contribution is 5.88. The van der Waals surface area contributed by atoms with Crippen LogP contribution < -0.4 is 0 Å². The van der Waals surface area contributed by atoms with Crippen molar-refractivity contribution in [3.8, 4) is 11.5 Å². The lowest BCUT2D eigenvalue weighted by atomic mass is 10.1. The summed E-state index contributed by atoms with van der Waals surface area (Å²) in [7, 11) is 0. The summed E-state index contributed by atoms with van der Waals surface area (Å²) < 4.78 is 5.14. The molecule has 2 rings (SSSR count). The molecule has 0 saturated heterocycles. The lowest BCUT2D eigenvalue weighted by Crippen LogP contribution is -1.95. The fourth-order valence-corrected chi connectivity index (χ4v) is 1.56. The maximum Gasteiger partial charge on any atom is 0.335 e. The van der Waals surface area contributed by atoms with Crippen molar-refractivity contribution in [2.45, 2.75) is 26.2 Å². The second-order valence-corrected chi connectivity index (χ2v) is 4.00. The molecule has 0 saturated carbocycles.